The number of nitrogens with zero attached hydrogens (tertiary/aromatic N) is 1. The van der Waals surface area contributed by atoms with Crippen molar-refractivity contribution in [2.75, 3.05) is 19.6 Å². The average Bonchev–Trinajstić information content (AvgIpc) is 2.90. The summed E-state index contributed by atoms with van der Waals surface area (Å²) in [4.78, 5) is 14.3. The van der Waals surface area contributed by atoms with E-state index in [1.54, 1.807) is 6.92 Å². The van der Waals surface area contributed by atoms with Crippen LogP contribution in [-0.4, -0.2) is 41.7 Å². The molecule has 104 valence electrons. The fourth-order valence-electron chi connectivity index (χ4n) is 2.67. The number of benzene rings is 1. The molecule has 1 amide bonds. The molecular formula is C15H22N2O2. The van der Waals surface area contributed by atoms with Crippen molar-refractivity contribution in [1.29, 1.82) is 0 Å². The van der Waals surface area contributed by atoms with Gasteiger partial charge in [0.25, 0.3) is 0 Å². The van der Waals surface area contributed by atoms with Crippen LogP contribution in [0.3, 0.4) is 0 Å². The molecule has 0 aromatic heterocycles. The topological polar surface area (TPSA) is 66.6 Å². The summed E-state index contributed by atoms with van der Waals surface area (Å²) < 4.78 is 0. The van der Waals surface area contributed by atoms with Crippen molar-refractivity contribution >= 4 is 5.91 Å². The SMILES string of the molecule is CC(O)C1CCN(C(=O)C(CN)c2ccccc2)C1. The van der Waals surface area contributed by atoms with Crippen molar-refractivity contribution in [2.45, 2.75) is 25.4 Å². The molecule has 2 rings (SSSR count). The van der Waals surface area contributed by atoms with E-state index < -0.39 is 0 Å². The Hall–Kier alpha value is -1.39. The van der Waals surface area contributed by atoms with Gasteiger partial charge in [-0.15, -0.1) is 0 Å². The minimum Gasteiger partial charge on any atom is -0.393 e. The molecule has 1 aromatic rings. The molecule has 0 radical (unpaired) electrons. The average molecular weight is 262 g/mol. The van der Waals surface area contributed by atoms with E-state index >= 15 is 0 Å². The maximum atomic E-state index is 12.5. The first-order valence-corrected chi connectivity index (χ1v) is 6.85. The predicted octanol–water partition coefficient (Wildman–Crippen LogP) is 0.958. The lowest BCUT2D eigenvalue weighted by Gasteiger charge is -2.23. The second-order valence-electron chi connectivity index (χ2n) is 5.27. The molecule has 1 aliphatic rings. The second kappa shape index (κ2) is 6.17. The fourth-order valence-corrected chi connectivity index (χ4v) is 2.67. The Morgan fingerprint density at radius 3 is 2.68 bits per heavy atom. The number of aliphatic hydroxyl groups excluding tert-OH is 1. The first kappa shape index (κ1) is 14.0. The van der Waals surface area contributed by atoms with Gasteiger partial charge in [0.15, 0.2) is 0 Å². The van der Waals surface area contributed by atoms with E-state index in [0.29, 0.717) is 13.1 Å². The third-order valence-corrected chi connectivity index (χ3v) is 3.95. The second-order valence-corrected chi connectivity index (χ2v) is 5.27. The monoisotopic (exact) mass is 262 g/mol. The van der Waals surface area contributed by atoms with Crippen molar-refractivity contribution < 1.29 is 9.90 Å². The van der Waals surface area contributed by atoms with Gasteiger partial charge in [0.1, 0.15) is 0 Å². The molecule has 4 nitrogen and oxygen atoms in total. The standard InChI is InChI=1S/C15H22N2O2/c1-11(18)13-7-8-17(10-13)15(19)14(9-16)12-5-3-2-4-6-12/h2-6,11,13-14,18H,7-10,16H2,1H3. The Morgan fingerprint density at radius 2 is 2.16 bits per heavy atom. The van der Waals surface area contributed by atoms with Crippen LogP contribution >= 0.6 is 0 Å². The van der Waals surface area contributed by atoms with E-state index in [1.807, 2.05) is 35.2 Å². The van der Waals surface area contributed by atoms with Crippen LogP contribution in [0, 0.1) is 5.92 Å². The van der Waals surface area contributed by atoms with E-state index in [4.69, 9.17) is 5.73 Å². The van der Waals surface area contributed by atoms with E-state index in [2.05, 4.69) is 0 Å². The number of carbonyl (C=O) groups excluding carboxylic acids is 1. The summed E-state index contributed by atoms with van der Waals surface area (Å²) >= 11 is 0. The number of carbonyl (C=O) groups is 1. The van der Waals surface area contributed by atoms with Crippen LogP contribution in [0.25, 0.3) is 0 Å². The third-order valence-electron chi connectivity index (χ3n) is 3.95. The van der Waals surface area contributed by atoms with Gasteiger partial charge in [-0.3, -0.25) is 4.79 Å². The van der Waals surface area contributed by atoms with Crippen molar-refractivity contribution in [1.82, 2.24) is 4.90 Å². The van der Waals surface area contributed by atoms with Crippen molar-refractivity contribution in [3.8, 4) is 0 Å². The molecule has 1 saturated heterocycles. The maximum Gasteiger partial charge on any atom is 0.231 e. The van der Waals surface area contributed by atoms with Crippen LogP contribution < -0.4 is 5.73 Å². The van der Waals surface area contributed by atoms with Gasteiger partial charge in [-0.1, -0.05) is 30.3 Å². The summed E-state index contributed by atoms with van der Waals surface area (Å²) in [6, 6.07) is 9.66. The van der Waals surface area contributed by atoms with E-state index in [0.717, 1.165) is 18.5 Å². The molecule has 19 heavy (non-hydrogen) atoms. The summed E-state index contributed by atoms with van der Waals surface area (Å²) in [7, 11) is 0. The van der Waals surface area contributed by atoms with Crippen LogP contribution in [0.15, 0.2) is 30.3 Å². The lowest BCUT2D eigenvalue weighted by Crippen LogP contribution is -2.37. The maximum absolute atomic E-state index is 12.5. The number of aliphatic hydroxyl groups is 1. The molecule has 1 heterocycles. The molecule has 0 bridgehead atoms. The third kappa shape index (κ3) is 3.14. The minimum absolute atomic E-state index is 0.0804. The summed E-state index contributed by atoms with van der Waals surface area (Å²) in [6.45, 7) is 3.46. The van der Waals surface area contributed by atoms with Crippen LogP contribution in [0.1, 0.15) is 24.8 Å². The van der Waals surface area contributed by atoms with E-state index in [-0.39, 0.29) is 23.8 Å². The zero-order chi connectivity index (χ0) is 13.8. The molecule has 0 spiro atoms. The molecular weight excluding hydrogens is 240 g/mol. The quantitative estimate of drug-likeness (QED) is 0.849. The van der Waals surface area contributed by atoms with Gasteiger partial charge < -0.3 is 15.7 Å². The highest BCUT2D eigenvalue weighted by molar-refractivity contribution is 5.84. The van der Waals surface area contributed by atoms with E-state index in [9.17, 15) is 9.90 Å². The Morgan fingerprint density at radius 1 is 1.47 bits per heavy atom. The number of amides is 1. The van der Waals surface area contributed by atoms with Gasteiger partial charge in [-0.05, 0) is 18.9 Å². The van der Waals surface area contributed by atoms with Gasteiger partial charge in [-0.2, -0.15) is 0 Å². The minimum atomic E-state index is -0.356. The molecule has 1 aliphatic heterocycles. The molecule has 3 atom stereocenters. The number of hydrogen-bond acceptors (Lipinski definition) is 3. The van der Waals surface area contributed by atoms with Crippen LogP contribution in [-0.2, 0) is 4.79 Å². The molecule has 3 unspecified atom stereocenters. The van der Waals surface area contributed by atoms with Gasteiger partial charge in [0.2, 0.25) is 5.91 Å². The molecule has 0 saturated carbocycles. The Labute approximate surface area is 114 Å². The molecule has 1 aromatic carbocycles. The van der Waals surface area contributed by atoms with Gasteiger partial charge in [-0.25, -0.2) is 0 Å². The lowest BCUT2D eigenvalue weighted by atomic mass is 9.98. The molecule has 3 N–H and O–H groups in total. The van der Waals surface area contributed by atoms with Gasteiger partial charge in [0.05, 0.1) is 12.0 Å². The number of hydrogen-bond donors (Lipinski definition) is 2. The Kier molecular flexibility index (Phi) is 4.56. The highest BCUT2D eigenvalue weighted by Crippen LogP contribution is 2.24. The van der Waals surface area contributed by atoms with Gasteiger partial charge >= 0.3 is 0 Å². The Bertz CT molecular complexity index is 419. The highest BCUT2D eigenvalue weighted by Gasteiger charge is 2.32. The molecule has 0 aliphatic carbocycles. The number of likely N-dealkylation sites (tertiary alicyclic amines) is 1. The molecule has 4 heteroatoms. The largest absolute Gasteiger partial charge is 0.393 e. The highest BCUT2D eigenvalue weighted by atomic mass is 16.3. The number of nitrogens with two attached hydrogens (primary N) is 1. The van der Waals surface area contributed by atoms with E-state index in [1.165, 1.54) is 0 Å². The molecule has 1 fully saturated rings. The van der Waals surface area contributed by atoms with Crippen LogP contribution in [0.2, 0.25) is 0 Å². The summed E-state index contributed by atoms with van der Waals surface area (Å²) in [5.74, 6) is 0.00365. The summed E-state index contributed by atoms with van der Waals surface area (Å²) in [5, 5.41) is 9.60. The Balaban J connectivity index is 2.06. The zero-order valence-corrected chi connectivity index (χ0v) is 11.3. The predicted molar refractivity (Wildman–Crippen MR) is 74.6 cm³/mol. The normalized spacial score (nSPS) is 22.3. The first-order chi connectivity index (χ1) is 9.13. The van der Waals surface area contributed by atoms with Crippen molar-refractivity contribution in [3.63, 3.8) is 0 Å². The lowest BCUT2D eigenvalue weighted by molar-refractivity contribution is -0.131. The van der Waals surface area contributed by atoms with Gasteiger partial charge in [0, 0.05) is 25.6 Å². The van der Waals surface area contributed by atoms with Crippen LogP contribution in [0.5, 0.6) is 0 Å². The number of rotatable bonds is 4. The fraction of sp³-hybridized carbons (Fsp3) is 0.533. The smallest absolute Gasteiger partial charge is 0.231 e. The first-order valence-electron chi connectivity index (χ1n) is 6.85. The van der Waals surface area contributed by atoms with Crippen molar-refractivity contribution in [2.24, 2.45) is 11.7 Å². The summed E-state index contributed by atoms with van der Waals surface area (Å²) in [6.07, 6.45) is 0.515. The zero-order valence-electron chi connectivity index (χ0n) is 11.3. The van der Waals surface area contributed by atoms with Crippen LogP contribution in [0.4, 0.5) is 0 Å². The summed E-state index contributed by atoms with van der Waals surface area (Å²) in [5.41, 5.74) is 6.74. The van der Waals surface area contributed by atoms with Crippen molar-refractivity contribution in [3.05, 3.63) is 35.9 Å².